The van der Waals surface area contributed by atoms with Gasteiger partial charge in [0.25, 0.3) is 5.69 Å². The number of nitrogens with two attached hydrogens (primary N) is 1. The number of benzene rings is 1. The van der Waals surface area contributed by atoms with Gasteiger partial charge in [-0.25, -0.2) is 8.42 Å². The first kappa shape index (κ1) is 15.7. The lowest BCUT2D eigenvalue weighted by molar-refractivity contribution is -0.384. The second-order valence-electron chi connectivity index (χ2n) is 5.23. The summed E-state index contributed by atoms with van der Waals surface area (Å²) in [6.45, 7) is 2.58. The van der Waals surface area contributed by atoms with Crippen LogP contribution in [0.1, 0.15) is 26.2 Å². The minimum atomic E-state index is -3.72. The largest absolute Gasteiger partial charge is 0.393 e. The monoisotopic (exact) mass is 313 g/mol. The number of nitro groups is 1. The fraction of sp³-hybridized carbons (Fsp3) is 0.538. The van der Waals surface area contributed by atoms with Crippen LogP contribution in [0.25, 0.3) is 0 Å². The summed E-state index contributed by atoms with van der Waals surface area (Å²) in [5, 5.41) is 10.9. The molecular formula is C13H19N3O4S. The van der Waals surface area contributed by atoms with Gasteiger partial charge < -0.3 is 5.73 Å². The van der Waals surface area contributed by atoms with Crippen molar-refractivity contribution in [3.05, 3.63) is 28.3 Å². The van der Waals surface area contributed by atoms with Crippen LogP contribution in [0.5, 0.6) is 0 Å². The Morgan fingerprint density at radius 3 is 2.57 bits per heavy atom. The second-order valence-corrected chi connectivity index (χ2v) is 7.17. The molecule has 8 heteroatoms. The molecule has 0 spiro atoms. The maximum Gasteiger partial charge on any atom is 0.293 e. The number of nitro benzene ring substituents is 1. The Labute approximate surface area is 123 Å². The summed E-state index contributed by atoms with van der Waals surface area (Å²) in [7, 11) is -3.72. The molecule has 116 valence electrons. The highest BCUT2D eigenvalue weighted by Gasteiger charge is 2.29. The van der Waals surface area contributed by atoms with E-state index in [1.54, 1.807) is 6.92 Å². The normalized spacial score (nSPS) is 15.9. The summed E-state index contributed by atoms with van der Waals surface area (Å²) in [5.41, 5.74) is 5.08. The molecule has 0 atom stereocenters. The predicted molar refractivity (Wildman–Crippen MR) is 79.3 cm³/mol. The van der Waals surface area contributed by atoms with Crippen LogP contribution < -0.4 is 5.73 Å². The van der Waals surface area contributed by atoms with Gasteiger partial charge >= 0.3 is 0 Å². The number of nitrogen functional groups attached to an aromatic ring is 1. The van der Waals surface area contributed by atoms with Gasteiger partial charge in [-0.05, 0) is 30.9 Å². The lowest BCUT2D eigenvalue weighted by atomic mass is 9.85. The molecule has 0 saturated heterocycles. The molecule has 0 aromatic heterocycles. The second kappa shape index (κ2) is 5.98. The Morgan fingerprint density at radius 2 is 2.10 bits per heavy atom. The van der Waals surface area contributed by atoms with Gasteiger partial charge in [-0.1, -0.05) is 13.3 Å². The molecule has 1 aliphatic carbocycles. The van der Waals surface area contributed by atoms with Crippen molar-refractivity contribution in [2.75, 3.05) is 18.8 Å². The zero-order valence-corrected chi connectivity index (χ0v) is 12.7. The van der Waals surface area contributed by atoms with Gasteiger partial charge in [0.15, 0.2) is 0 Å². The van der Waals surface area contributed by atoms with Gasteiger partial charge in [-0.3, -0.25) is 10.1 Å². The van der Waals surface area contributed by atoms with Crippen LogP contribution in [0.15, 0.2) is 23.1 Å². The summed E-state index contributed by atoms with van der Waals surface area (Å²) >= 11 is 0. The van der Waals surface area contributed by atoms with Gasteiger partial charge in [0.1, 0.15) is 5.69 Å². The van der Waals surface area contributed by atoms with Crippen molar-refractivity contribution in [1.29, 1.82) is 0 Å². The smallest absolute Gasteiger partial charge is 0.293 e. The third-order valence-electron chi connectivity index (χ3n) is 3.88. The van der Waals surface area contributed by atoms with Crippen LogP contribution in [0.4, 0.5) is 11.4 Å². The molecule has 0 heterocycles. The fourth-order valence-electron chi connectivity index (χ4n) is 2.35. The molecule has 21 heavy (non-hydrogen) atoms. The summed E-state index contributed by atoms with van der Waals surface area (Å²) < 4.78 is 26.6. The van der Waals surface area contributed by atoms with E-state index in [1.165, 1.54) is 16.4 Å². The molecule has 0 unspecified atom stereocenters. The molecule has 1 fully saturated rings. The Morgan fingerprint density at radius 1 is 1.43 bits per heavy atom. The van der Waals surface area contributed by atoms with E-state index in [1.807, 2.05) is 0 Å². The molecule has 2 rings (SSSR count). The number of nitrogens with zero attached hydrogens (tertiary/aromatic N) is 2. The lowest BCUT2D eigenvalue weighted by Gasteiger charge is -2.31. The minimum Gasteiger partial charge on any atom is -0.393 e. The lowest BCUT2D eigenvalue weighted by Crippen LogP contribution is -2.37. The van der Waals surface area contributed by atoms with E-state index in [4.69, 9.17) is 5.73 Å². The number of hydrogen-bond donors (Lipinski definition) is 1. The molecular weight excluding hydrogens is 294 g/mol. The van der Waals surface area contributed by atoms with Crippen molar-refractivity contribution in [3.8, 4) is 0 Å². The third kappa shape index (κ3) is 3.16. The van der Waals surface area contributed by atoms with Crippen LogP contribution in [0.2, 0.25) is 0 Å². The Balaban J connectivity index is 2.32. The van der Waals surface area contributed by atoms with Crippen LogP contribution in [0, 0.1) is 16.0 Å². The van der Waals surface area contributed by atoms with Gasteiger partial charge in [-0.2, -0.15) is 4.31 Å². The maximum absolute atomic E-state index is 12.6. The summed E-state index contributed by atoms with van der Waals surface area (Å²) in [5.74, 6) is 0.392. The molecule has 0 bridgehead atoms. The molecule has 7 nitrogen and oxygen atoms in total. The average Bonchev–Trinajstić information content (AvgIpc) is 2.37. The molecule has 0 aliphatic heterocycles. The highest BCUT2D eigenvalue weighted by atomic mass is 32.2. The van der Waals surface area contributed by atoms with Gasteiger partial charge in [0.2, 0.25) is 10.0 Å². The Kier molecular flexibility index (Phi) is 4.48. The van der Waals surface area contributed by atoms with Crippen LogP contribution in [0.3, 0.4) is 0 Å². The first-order valence-corrected chi connectivity index (χ1v) is 8.34. The SMILES string of the molecule is CCN(CC1CCC1)S(=O)(=O)c1ccc(N)c([N+](=O)[O-])c1. The summed E-state index contributed by atoms with van der Waals surface area (Å²) in [6, 6.07) is 3.62. The minimum absolute atomic E-state index is 0.0407. The highest BCUT2D eigenvalue weighted by Crippen LogP contribution is 2.30. The van der Waals surface area contributed by atoms with Gasteiger partial charge in [0.05, 0.1) is 9.82 Å². The van der Waals surface area contributed by atoms with Crippen molar-refractivity contribution in [3.63, 3.8) is 0 Å². The Bertz CT molecular complexity index is 641. The molecule has 2 N–H and O–H groups in total. The van der Waals surface area contributed by atoms with E-state index in [9.17, 15) is 18.5 Å². The van der Waals surface area contributed by atoms with Crippen LogP contribution >= 0.6 is 0 Å². The standard InChI is InChI=1S/C13H19N3O4S/c1-2-15(9-10-4-3-5-10)21(19,20)11-6-7-12(14)13(8-11)16(17)18/h6-8,10H,2-5,9,14H2,1H3. The third-order valence-corrected chi connectivity index (χ3v) is 5.81. The van der Waals surface area contributed by atoms with Gasteiger partial charge in [-0.15, -0.1) is 0 Å². The van der Waals surface area contributed by atoms with Crippen molar-refractivity contribution in [2.45, 2.75) is 31.1 Å². The average molecular weight is 313 g/mol. The van der Waals surface area contributed by atoms with E-state index < -0.39 is 14.9 Å². The van der Waals surface area contributed by atoms with E-state index >= 15 is 0 Å². The van der Waals surface area contributed by atoms with E-state index in [2.05, 4.69) is 0 Å². The van der Waals surface area contributed by atoms with Crippen molar-refractivity contribution < 1.29 is 13.3 Å². The van der Waals surface area contributed by atoms with Crippen molar-refractivity contribution in [2.24, 2.45) is 5.92 Å². The molecule has 1 saturated carbocycles. The van der Waals surface area contributed by atoms with Crippen LogP contribution in [-0.4, -0.2) is 30.7 Å². The summed E-state index contributed by atoms with van der Waals surface area (Å²) in [6.07, 6.45) is 3.21. The fourth-order valence-corrected chi connectivity index (χ4v) is 3.90. The van der Waals surface area contributed by atoms with Crippen molar-refractivity contribution >= 4 is 21.4 Å². The molecule has 1 aliphatic rings. The summed E-state index contributed by atoms with van der Waals surface area (Å²) in [4.78, 5) is 10.1. The highest BCUT2D eigenvalue weighted by molar-refractivity contribution is 7.89. The first-order chi connectivity index (χ1) is 9.86. The number of hydrogen-bond acceptors (Lipinski definition) is 5. The van der Waals surface area contributed by atoms with E-state index in [-0.39, 0.29) is 16.3 Å². The zero-order chi connectivity index (χ0) is 15.6. The molecule has 1 aromatic rings. The molecule has 1 aromatic carbocycles. The Hall–Kier alpha value is -1.67. The quantitative estimate of drug-likeness (QED) is 0.491. The molecule has 0 radical (unpaired) electrons. The van der Waals surface area contributed by atoms with Crippen LogP contribution in [-0.2, 0) is 10.0 Å². The van der Waals surface area contributed by atoms with E-state index in [0.29, 0.717) is 19.0 Å². The number of sulfonamides is 1. The molecule has 0 amide bonds. The van der Waals surface area contributed by atoms with Gasteiger partial charge in [0, 0.05) is 19.2 Å². The van der Waals surface area contributed by atoms with Crippen molar-refractivity contribution in [1.82, 2.24) is 4.31 Å². The number of anilines is 1. The zero-order valence-electron chi connectivity index (χ0n) is 11.9. The van der Waals surface area contributed by atoms with E-state index in [0.717, 1.165) is 25.3 Å². The first-order valence-electron chi connectivity index (χ1n) is 6.90. The predicted octanol–water partition coefficient (Wildman–Crippen LogP) is 1.99. The topological polar surface area (TPSA) is 107 Å². The number of rotatable bonds is 6. The maximum atomic E-state index is 12.6.